The van der Waals surface area contributed by atoms with Crippen molar-refractivity contribution in [3.8, 4) is 0 Å². The lowest BCUT2D eigenvalue weighted by Gasteiger charge is -2.12. The van der Waals surface area contributed by atoms with E-state index in [0.717, 1.165) is 27.5 Å². The monoisotopic (exact) mass is 459 g/mol. The smallest absolute Gasteiger partial charge is 0.262 e. The minimum atomic E-state index is -0.748. The fraction of sp³-hybridized carbons (Fsp3) is 0.190. The number of carbonyl (C=O) groups is 1. The summed E-state index contributed by atoms with van der Waals surface area (Å²) >= 11 is 3.43. The van der Waals surface area contributed by atoms with E-state index in [1.165, 1.54) is 12.3 Å². The molecule has 0 bridgehead atoms. The van der Waals surface area contributed by atoms with Crippen LogP contribution in [0.3, 0.4) is 0 Å². The number of halogens is 3. The molecule has 0 fully saturated rings. The van der Waals surface area contributed by atoms with Crippen LogP contribution in [0.25, 0.3) is 21.8 Å². The summed E-state index contributed by atoms with van der Waals surface area (Å²) in [6.45, 7) is 0.151. The number of pyridine rings is 1. The van der Waals surface area contributed by atoms with Gasteiger partial charge in [-0.05, 0) is 29.8 Å². The van der Waals surface area contributed by atoms with Crippen LogP contribution in [0.1, 0.15) is 12.0 Å². The molecule has 0 spiro atoms. The minimum Gasteiger partial charge on any atom is -0.307 e. The summed E-state index contributed by atoms with van der Waals surface area (Å²) < 4.78 is 30.8. The maximum absolute atomic E-state index is 13.8. The molecule has 29 heavy (non-hydrogen) atoms. The molecule has 0 radical (unpaired) electrons. The summed E-state index contributed by atoms with van der Waals surface area (Å²) in [6.07, 6.45) is 1.41. The molecule has 0 unspecified atom stereocenters. The molecule has 4 rings (SSSR count). The van der Waals surface area contributed by atoms with Gasteiger partial charge in [-0.25, -0.2) is 8.78 Å². The molecule has 148 valence electrons. The lowest BCUT2D eigenvalue weighted by molar-refractivity contribution is -0.118. The number of rotatable bonds is 5. The quantitative estimate of drug-likeness (QED) is 0.450. The number of nitrogens with zero attached hydrogens (tertiary/aromatic N) is 3. The number of fused-ring (bicyclic) bond motifs is 3. The van der Waals surface area contributed by atoms with Crippen LogP contribution in [0, 0.1) is 11.6 Å². The maximum Gasteiger partial charge on any atom is 0.262 e. The Morgan fingerprint density at radius 1 is 1.14 bits per heavy atom. The van der Waals surface area contributed by atoms with Gasteiger partial charge < -0.3 is 4.57 Å². The number of aromatic nitrogens is 3. The predicted octanol–water partition coefficient (Wildman–Crippen LogP) is 4.13. The number of aryl methyl sites for hydroxylation is 2. The predicted molar refractivity (Wildman–Crippen MR) is 110 cm³/mol. The third-order valence-electron chi connectivity index (χ3n) is 4.94. The van der Waals surface area contributed by atoms with E-state index in [1.54, 1.807) is 16.3 Å². The Morgan fingerprint density at radius 3 is 2.69 bits per heavy atom. The molecule has 0 N–H and O–H groups in total. The fourth-order valence-electron chi connectivity index (χ4n) is 3.52. The van der Waals surface area contributed by atoms with Gasteiger partial charge in [-0.2, -0.15) is 5.10 Å². The van der Waals surface area contributed by atoms with Crippen LogP contribution in [0.15, 0.2) is 51.9 Å². The summed E-state index contributed by atoms with van der Waals surface area (Å²) in [5.41, 5.74) is 1.31. The lowest BCUT2D eigenvalue weighted by Crippen LogP contribution is -2.22. The van der Waals surface area contributed by atoms with Crippen molar-refractivity contribution in [2.75, 3.05) is 0 Å². The van der Waals surface area contributed by atoms with Gasteiger partial charge in [-0.1, -0.05) is 22.0 Å². The summed E-state index contributed by atoms with van der Waals surface area (Å²) in [6, 6.07) is 8.75. The first kappa shape index (κ1) is 19.4. The average molecular weight is 460 g/mol. The molecule has 4 aromatic rings. The Bertz CT molecular complexity index is 1330. The van der Waals surface area contributed by atoms with Crippen molar-refractivity contribution in [1.29, 1.82) is 0 Å². The van der Waals surface area contributed by atoms with Gasteiger partial charge in [0, 0.05) is 42.4 Å². The van der Waals surface area contributed by atoms with E-state index in [4.69, 9.17) is 0 Å². The molecule has 0 saturated carbocycles. The van der Waals surface area contributed by atoms with Crippen molar-refractivity contribution >= 4 is 43.5 Å². The van der Waals surface area contributed by atoms with Crippen LogP contribution in [0.4, 0.5) is 8.78 Å². The SMILES string of the molecule is Cn1ncc2c(=O)n(CCC(=O)Cc3ccc(F)cc3F)c3cc(Br)ccc3c21. The highest BCUT2D eigenvalue weighted by Gasteiger charge is 2.16. The Morgan fingerprint density at radius 2 is 1.93 bits per heavy atom. The first-order valence-electron chi connectivity index (χ1n) is 8.94. The van der Waals surface area contributed by atoms with Crippen LogP contribution in [0.5, 0.6) is 0 Å². The summed E-state index contributed by atoms with van der Waals surface area (Å²) in [5, 5.41) is 5.51. The standard InChI is InChI=1S/C21H16BrF2N3O2/c1-26-20-16-5-3-13(22)9-19(16)27(21(29)17(20)11-25-26)7-6-15(28)8-12-2-4-14(23)10-18(12)24/h2-5,9-11H,6-8H2,1H3. The van der Waals surface area contributed by atoms with Gasteiger partial charge in [0.2, 0.25) is 0 Å². The van der Waals surface area contributed by atoms with E-state index in [9.17, 15) is 18.4 Å². The third-order valence-corrected chi connectivity index (χ3v) is 5.43. The van der Waals surface area contributed by atoms with Crippen LogP contribution in [-0.4, -0.2) is 20.1 Å². The molecule has 5 nitrogen and oxygen atoms in total. The van der Waals surface area contributed by atoms with Crippen LogP contribution in [-0.2, 0) is 24.8 Å². The summed E-state index contributed by atoms with van der Waals surface area (Å²) in [4.78, 5) is 25.4. The molecule has 0 atom stereocenters. The molecule has 2 aromatic carbocycles. The van der Waals surface area contributed by atoms with Gasteiger partial charge in [0.05, 0.1) is 22.6 Å². The number of hydrogen-bond donors (Lipinski definition) is 0. The molecule has 2 heterocycles. The highest BCUT2D eigenvalue weighted by Crippen LogP contribution is 2.25. The second kappa shape index (κ2) is 7.51. The van der Waals surface area contributed by atoms with Gasteiger partial charge in [-0.15, -0.1) is 0 Å². The largest absolute Gasteiger partial charge is 0.307 e. The number of hydrogen-bond acceptors (Lipinski definition) is 3. The van der Waals surface area contributed by atoms with Crippen molar-refractivity contribution in [2.24, 2.45) is 7.05 Å². The topological polar surface area (TPSA) is 56.9 Å². The second-order valence-corrected chi connectivity index (χ2v) is 7.77. The lowest BCUT2D eigenvalue weighted by atomic mass is 10.1. The Balaban J connectivity index is 1.68. The zero-order chi connectivity index (χ0) is 20.7. The first-order chi connectivity index (χ1) is 13.8. The minimum absolute atomic E-state index is 0.0457. The van der Waals surface area contributed by atoms with E-state index in [-0.39, 0.29) is 36.3 Å². The molecule has 0 saturated heterocycles. The molecule has 0 aliphatic heterocycles. The van der Waals surface area contributed by atoms with Gasteiger partial charge in [0.1, 0.15) is 17.4 Å². The van der Waals surface area contributed by atoms with Gasteiger partial charge in [-0.3, -0.25) is 14.3 Å². The number of ketones is 1. The summed E-state index contributed by atoms with van der Waals surface area (Å²) in [7, 11) is 1.77. The molecule has 2 aromatic heterocycles. The van der Waals surface area contributed by atoms with Crippen LogP contribution in [0.2, 0.25) is 0 Å². The highest BCUT2D eigenvalue weighted by molar-refractivity contribution is 9.10. The van der Waals surface area contributed by atoms with Crippen molar-refractivity contribution < 1.29 is 13.6 Å². The Labute approximate surface area is 172 Å². The highest BCUT2D eigenvalue weighted by atomic mass is 79.9. The van der Waals surface area contributed by atoms with Gasteiger partial charge >= 0.3 is 0 Å². The van der Waals surface area contributed by atoms with Gasteiger partial charge in [0.15, 0.2) is 0 Å². The van der Waals surface area contributed by atoms with Crippen LogP contribution >= 0.6 is 15.9 Å². The van der Waals surface area contributed by atoms with Crippen molar-refractivity contribution in [2.45, 2.75) is 19.4 Å². The van der Waals surface area contributed by atoms with Crippen molar-refractivity contribution in [1.82, 2.24) is 14.3 Å². The normalized spacial score (nSPS) is 11.4. The zero-order valence-electron chi connectivity index (χ0n) is 15.5. The third kappa shape index (κ3) is 3.60. The Hall–Kier alpha value is -2.87. The Kier molecular flexibility index (Phi) is 5.04. The average Bonchev–Trinajstić information content (AvgIpc) is 3.06. The first-order valence-corrected chi connectivity index (χ1v) is 9.74. The van der Waals surface area contributed by atoms with Gasteiger partial charge in [0.25, 0.3) is 5.56 Å². The number of Topliss-reactive ketones (excluding diaryl/α,β-unsaturated/α-hetero) is 1. The van der Waals surface area contributed by atoms with Crippen molar-refractivity contribution in [3.05, 3.63) is 74.6 Å². The molecule has 0 aliphatic rings. The van der Waals surface area contributed by atoms with E-state index in [2.05, 4.69) is 21.0 Å². The fourth-order valence-corrected chi connectivity index (χ4v) is 3.87. The zero-order valence-corrected chi connectivity index (χ0v) is 17.0. The van der Waals surface area contributed by atoms with E-state index < -0.39 is 11.6 Å². The number of carbonyl (C=O) groups excluding carboxylic acids is 1. The second-order valence-electron chi connectivity index (χ2n) is 6.85. The molecule has 8 heteroatoms. The van der Waals surface area contributed by atoms with E-state index >= 15 is 0 Å². The maximum atomic E-state index is 13.8. The van der Waals surface area contributed by atoms with E-state index in [1.807, 2.05) is 18.2 Å². The van der Waals surface area contributed by atoms with E-state index in [0.29, 0.717) is 10.9 Å². The van der Waals surface area contributed by atoms with Crippen LogP contribution < -0.4 is 5.56 Å². The molecule has 0 amide bonds. The van der Waals surface area contributed by atoms with Crippen molar-refractivity contribution in [3.63, 3.8) is 0 Å². The number of benzene rings is 2. The summed E-state index contributed by atoms with van der Waals surface area (Å²) in [5.74, 6) is -1.68. The molecular weight excluding hydrogens is 444 g/mol. The molecule has 0 aliphatic carbocycles. The molecular formula is C21H16BrF2N3O2.